The zero-order valence-electron chi connectivity index (χ0n) is 9.55. The number of nitrogens with two attached hydrogens (primary N) is 1. The standard InChI is InChI=1S/C11H18N4O/c1-2-8-13-9(6-10(16)14-8)15-11(7-12)4-3-5-11/h6H,2-5,7,12H2,1H3,(H2,13,14,15,16). The van der Waals surface area contributed by atoms with Gasteiger partial charge in [0.1, 0.15) is 11.6 Å². The zero-order valence-corrected chi connectivity index (χ0v) is 9.55. The summed E-state index contributed by atoms with van der Waals surface area (Å²) in [4.78, 5) is 18.4. The molecule has 1 aliphatic rings. The molecule has 0 bridgehead atoms. The molecule has 0 spiro atoms. The van der Waals surface area contributed by atoms with Crippen molar-refractivity contribution in [2.45, 2.75) is 38.1 Å². The highest BCUT2D eigenvalue weighted by atomic mass is 16.1. The van der Waals surface area contributed by atoms with Crippen molar-refractivity contribution in [3.63, 3.8) is 0 Å². The lowest BCUT2D eigenvalue weighted by molar-refractivity contribution is 0.286. The Labute approximate surface area is 94.5 Å². The van der Waals surface area contributed by atoms with E-state index >= 15 is 0 Å². The Morgan fingerprint density at radius 2 is 2.38 bits per heavy atom. The molecular formula is C11H18N4O. The first-order valence-electron chi connectivity index (χ1n) is 5.76. The maximum absolute atomic E-state index is 11.4. The normalized spacial score (nSPS) is 17.9. The van der Waals surface area contributed by atoms with Crippen molar-refractivity contribution in [2.75, 3.05) is 11.9 Å². The second-order valence-corrected chi connectivity index (χ2v) is 4.39. The molecule has 0 aromatic carbocycles. The molecule has 0 radical (unpaired) electrons. The zero-order chi connectivity index (χ0) is 11.6. The van der Waals surface area contributed by atoms with Crippen LogP contribution in [0.1, 0.15) is 32.0 Å². The molecule has 1 saturated carbocycles. The third kappa shape index (κ3) is 2.09. The largest absolute Gasteiger partial charge is 0.363 e. The van der Waals surface area contributed by atoms with Crippen LogP contribution in [0.15, 0.2) is 10.9 Å². The number of aromatic nitrogens is 2. The summed E-state index contributed by atoms with van der Waals surface area (Å²) in [6.07, 6.45) is 4.02. The van der Waals surface area contributed by atoms with Crippen molar-refractivity contribution in [1.82, 2.24) is 9.97 Å². The van der Waals surface area contributed by atoms with Crippen molar-refractivity contribution >= 4 is 5.82 Å². The van der Waals surface area contributed by atoms with E-state index in [4.69, 9.17) is 5.73 Å². The van der Waals surface area contributed by atoms with Gasteiger partial charge in [-0.25, -0.2) is 4.98 Å². The van der Waals surface area contributed by atoms with Gasteiger partial charge in [-0.05, 0) is 19.3 Å². The molecule has 0 unspecified atom stereocenters. The van der Waals surface area contributed by atoms with Gasteiger partial charge in [-0.3, -0.25) is 4.79 Å². The predicted molar refractivity (Wildman–Crippen MR) is 63.5 cm³/mol. The summed E-state index contributed by atoms with van der Waals surface area (Å²) in [5.74, 6) is 1.35. The van der Waals surface area contributed by atoms with E-state index in [1.54, 1.807) is 0 Å². The first-order chi connectivity index (χ1) is 7.67. The van der Waals surface area contributed by atoms with Crippen LogP contribution in [0.4, 0.5) is 5.82 Å². The van der Waals surface area contributed by atoms with Crippen LogP contribution in [-0.4, -0.2) is 22.1 Å². The van der Waals surface area contributed by atoms with E-state index in [9.17, 15) is 4.79 Å². The van der Waals surface area contributed by atoms with Crippen molar-refractivity contribution in [1.29, 1.82) is 0 Å². The molecular weight excluding hydrogens is 204 g/mol. The Balaban J connectivity index is 2.20. The van der Waals surface area contributed by atoms with Crippen LogP contribution in [0.5, 0.6) is 0 Å². The molecule has 5 heteroatoms. The Bertz CT molecular complexity index is 417. The second-order valence-electron chi connectivity index (χ2n) is 4.39. The molecule has 0 saturated heterocycles. The van der Waals surface area contributed by atoms with Gasteiger partial charge in [0.15, 0.2) is 0 Å². The fraction of sp³-hybridized carbons (Fsp3) is 0.636. The Kier molecular flexibility index (Phi) is 2.96. The minimum absolute atomic E-state index is 0.0359. The van der Waals surface area contributed by atoms with Crippen molar-refractivity contribution in [3.05, 3.63) is 22.2 Å². The lowest BCUT2D eigenvalue weighted by Gasteiger charge is -2.42. The van der Waals surface area contributed by atoms with Crippen LogP contribution in [0.2, 0.25) is 0 Å². The summed E-state index contributed by atoms with van der Waals surface area (Å²) in [5.41, 5.74) is 5.60. The molecule has 88 valence electrons. The molecule has 2 rings (SSSR count). The van der Waals surface area contributed by atoms with E-state index in [-0.39, 0.29) is 11.1 Å². The molecule has 0 aliphatic heterocycles. The molecule has 1 aliphatic carbocycles. The highest BCUT2D eigenvalue weighted by Gasteiger charge is 2.35. The third-order valence-corrected chi connectivity index (χ3v) is 3.22. The van der Waals surface area contributed by atoms with Crippen LogP contribution in [0.3, 0.4) is 0 Å². The molecule has 4 N–H and O–H groups in total. The van der Waals surface area contributed by atoms with Crippen molar-refractivity contribution < 1.29 is 0 Å². The highest BCUT2D eigenvalue weighted by molar-refractivity contribution is 5.38. The van der Waals surface area contributed by atoms with Crippen LogP contribution < -0.4 is 16.6 Å². The SMILES string of the molecule is CCc1nc(NC2(CN)CCC2)cc(=O)[nH]1. The summed E-state index contributed by atoms with van der Waals surface area (Å²) in [5, 5.41) is 3.30. The van der Waals surface area contributed by atoms with Gasteiger partial charge in [0.2, 0.25) is 0 Å². The molecule has 1 heterocycles. The van der Waals surface area contributed by atoms with Crippen molar-refractivity contribution in [3.8, 4) is 0 Å². The van der Waals surface area contributed by atoms with Crippen LogP contribution in [-0.2, 0) is 6.42 Å². The maximum atomic E-state index is 11.4. The topological polar surface area (TPSA) is 83.8 Å². The molecule has 0 amide bonds. The number of anilines is 1. The maximum Gasteiger partial charge on any atom is 0.252 e. The minimum Gasteiger partial charge on any atom is -0.363 e. The van der Waals surface area contributed by atoms with Gasteiger partial charge in [-0.1, -0.05) is 6.92 Å². The van der Waals surface area contributed by atoms with Gasteiger partial charge in [-0.15, -0.1) is 0 Å². The van der Waals surface area contributed by atoms with Crippen LogP contribution in [0, 0.1) is 0 Å². The summed E-state index contributed by atoms with van der Waals surface area (Å²) >= 11 is 0. The quantitative estimate of drug-likeness (QED) is 0.697. The molecule has 1 fully saturated rings. The summed E-state index contributed by atoms with van der Waals surface area (Å²) in [7, 11) is 0. The molecule has 16 heavy (non-hydrogen) atoms. The van der Waals surface area contributed by atoms with Gasteiger partial charge < -0.3 is 16.0 Å². The van der Waals surface area contributed by atoms with E-state index in [0.29, 0.717) is 18.2 Å². The van der Waals surface area contributed by atoms with Crippen LogP contribution in [0.25, 0.3) is 0 Å². The molecule has 0 atom stereocenters. The van der Waals surface area contributed by atoms with E-state index in [0.717, 1.165) is 19.3 Å². The van der Waals surface area contributed by atoms with Gasteiger partial charge in [0, 0.05) is 19.0 Å². The smallest absolute Gasteiger partial charge is 0.252 e. The van der Waals surface area contributed by atoms with Crippen molar-refractivity contribution in [2.24, 2.45) is 5.73 Å². The average molecular weight is 222 g/mol. The highest BCUT2D eigenvalue weighted by Crippen LogP contribution is 2.33. The molecule has 5 nitrogen and oxygen atoms in total. The number of nitrogens with one attached hydrogen (secondary N) is 2. The Hall–Kier alpha value is -1.36. The number of aryl methyl sites for hydroxylation is 1. The second kappa shape index (κ2) is 4.25. The Morgan fingerprint density at radius 3 is 2.88 bits per heavy atom. The lowest BCUT2D eigenvalue weighted by atomic mass is 9.77. The van der Waals surface area contributed by atoms with E-state index < -0.39 is 0 Å². The van der Waals surface area contributed by atoms with Gasteiger partial charge >= 0.3 is 0 Å². The third-order valence-electron chi connectivity index (χ3n) is 3.22. The summed E-state index contributed by atoms with van der Waals surface area (Å²) < 4.78 is 0. The number of rotatable bonds is 4. The number of aromatic amines is 1. The summed E-state index contributed by atoms with van der Waals surface area (Å²) in [6.45, 7) is 2.55. The monoisotopic (exact) mass is 222 g/mol. The number of hydrogen-bond acceptors (Lipinski definition) is 4. The van der Waals surface area contributed by atoms with E-state index in [1.807, 2.05) is 6.92 Å². The first-order valence-corrected chi connectivity index (χ1v) is 5.76. The average Bonchev–Trinajstić information content (AvgIpc) is 2.22. The molecule has 1 aromatic heterocycles. The number of H-pyrrole nitrogens is 1. The summed E-state index contributed by atoms with van der Waals surface area (Å²) in [6, 6.07) is 1.49. The lowest BCUT2D eigenvalue weighted by Crippen LogP contribution is -2.51. The predicted octanol–water partition coefficient (Wildman–Crippen LogP) is 0.626. The van der Waals surface area contributed by atoms with Gasteiger partial charge in [0.05, 0.1) is 5.54 Å². The number of hydrogen-bond donors (Lipinski definition) is 3. The minimum atomic E-state index is -0.110. The fourth-order valence-corrected chi connectivity index (χ4v) is 1.99. The van der Waals surface area contributed by atoms with Gasteiger partial charge in [0.25, 0.3) is 5.56 Å². The van der Waals surface area contributed by atoms with Crippen LogP contribution >= 0.6 is 0 Å². The van der Waals surface area contributed by atoms with E-state index in [1.165, 1.54) is 12.5 Å². The fourth-order valence-electron chi connectivity index (χ4n) is 1.99. The molecule has 1 aromatic rings. The Morgan fingerprint density at radius 1 is 1.62 bits per heavy atom. The first kappa shape index (κ1) is 11.1. The number of nitrogens with zero attached hydrogens (tertiary/aromatic N) is 1. The van der Waals surface area contributed by atoms with E-state index in [2.05, 4.69) is 15.3 Å². The van der Waals surface area contributed by atoms with Gasteiger partial charge in [-0.2, -0.15) is 0 Å².